The second kappa shape index (κ2) is 11.5. The summed E-state index contributed by atoms with van der Waals surface area (Å²) in [5.74, 6) is 5.28. The fourth-order valence-corrected chi connectivity index (χ4v) is 6.08. The highest BCUT2D eigenvalue weighted by atomic mass is 32.1. The van der Waals surface area contributed by atoms with Crippen LogP contribution in [0.3, 0.4) is 0 Å². The number of aromatic carboxylic acids is 1. The summed E-state index contributed by atoms with van der Waals surface area (Å²) in [6.07, 6.45) is 9.17. The molecule has 7 heteroatoms. The van der Waals surface area contributed by atoms with Crippen LogP contribution in [0, 0.1) is 23.2 Å². The molecule has 0 unspecified atom stereocenters. The van der Waals surface area contributed by atoms with Crippen molar-refractivity contribution >= 4 is 28.9 Å². The van der Waals surface area contributed by atoms with E-state index >= 15 is 0 Å². The minimum atomic E-state index is -1.01. The normalized spacial score (nSPS) is 26.6. The number of carboxylic acids is 1. The quantitative estimate of drug-likeness (QED) is 0.371. The second-order valence-electron chi connectivity index (χ2n) is 11.4. The lowest BCUT2D eigenvalue weighted by Crippen LogP contribution is -2.47. The van der Waals surface area contributed by atoms with Crippen molar-refractivity contribution in [2.24, 2.45) is 11.3 Å². The van der Waals surface area contributed by atoms with Gasteiger partial charge in [-0.05, 0) is 85.1 Å². The molecule has 1 amide bonds. The van der Waals surface area contributed by atoms with E-state index in [2.05, 4.69) is 24.8 Å². The molecule has 1 aromatic rings. The molecular formula is C29H39NO5S. The van der Waals surface area contributed by atoms with Gasteiger partial charge in [0.25, 0.3) is 0 Å². The van der Waals surface area contributed by atoms with Gasteiger partial charge in [-0.3, -0.25) is 4.79 Å². The van der Waals surface area contributed by atoms with E-state index in [9.17, 15) is 14.7 Å². The van der Waals surface area contributed by atoms with Gasteiger partial charge in [-0.2, -0.15) is 0 Å². The lowest BCUT2D eigenvalue weighted by molar-refractivity contribution is -0.123. The molecule has 36 heavy (non-hydrogen) atoms. The van der Waals surface area contributed by atoms with Crippen molar-refractivity contribution in [2.45, 2.75) is 97.3 Å². The first-order valence-corrected chi connectivity index (χ1v) is 14.0. The zero-order valence-corrected chi connectivity index (χ0v) is 22.8. The Hall–Kier alpha value is -2.14. The smallest absolute Gasteiger partial charge is 0.348 e. The van der Waals surface area contributed by atoms with Crippen molar-refractivity contribution in [3.63, 3.8) is 0 Å². The Balaban J connectivity index is 1.61. The number of carbonyl (C=O) groups is 2. The number of allylic oxidation sites excluding steroid dienone is 2. The molecule has 2 atom stereocenters. The molecule has 1 N–H and O–H groups in total. The van der Waals surface area contributed by atoms with Crippen molar-refractivity contribution in [3.05, 3.63) is 27.5 Å². The summed E-state index contributed by atoms with van der Waals surface area (Å²) in [4.78, 5) is 29.0. The van der Waals surface area contributed by atoms with E-state index in [0.29, 0.717) is 23.6 Å². The number of ether oxygens (including phenoxy) is 2. The third-order valence-electron chi connectivity index (χ3n) is 7.23. The van der Waals surface area contributed by atoms with Gasteiger partial charge in [0.2, 0.25) is 5.91 Å². The summed E-state index contributed by atoms with van der Waals surface area (Å²) in [6.45, 7) is 9.61. The number of amides is 1. The Labute approximate surface area is 219 Å². The maximum Gasteiger partial charge on any atom is 0.348 e. The molecule has 1 saturated heterocycles. The number of hydrogen-bond acceptors (Lipinski definition) is 5. The molecule has 4 rings (SSSR count). The summed E-state index contributed by atoms with van der Waals surface area (Å²) in [6, 6.07) is 1.79. The van der Waals surface area contributed by atoms with Gasteiger partial charge in [-0.15, -0.1) is 11.3 Å². The highest BCUT2D eigenvalue weighted by Gasteiger charge is 2.37. The molecule has 0 bridgehead atoms. The van der Waals surface area contributed by atoms with Crippen LogP contribution in [0.4, 0.5) is 5.69 Å². The number of rotatable bonds is 6. The van der Waals surface area contributed by atoms with Crippen LogP contribution in [0.1, 0.15) is 93.6 Å². The highest BCUT2D eigenvalue weighted by molar-refractivity contribution is 7.15. The largest absolute Gasteiger partial charge is 0.477 e. The number of anilines is 1. The maximum atomic E-state index is 14.0. The highest BCUT2D eigenvalue weighted by Crippen LogP contribution is 2.38. The molecule has 196 valence electrons. The summed E-state index contributed by atoms with van der Waals surface area (Å²) in [5.41, 5.74) is 1.63. The summed E-state index contributed by atoms with van der Waals surface area (Å²) in [5, 5.41) is 10.1. The van der Waals surface area contributed by atoms with Crippen molar-refractivity contribution in [3.8, 4) is 11.8 Å². The molecule has 2 fully saturated rings. The number of thiophene rings is 1. The Morgan fingerprint density at radius 1 is 1.14 bits per heavy atom. The predicted molar refractivity (Wildman–Crippen MR) is 143 cm³/mol. The summed E-state index contributed by atoms with van der Waals surface area (Å²) >= 11 is 1.17. The molecule has 0 spiro atoms. The van der Waals surface area contributed by atoms with E-state index in [1.165, 1.54) is 16.9 Å². The van der Waals surface area contributed by atoms with E-state index in [4.69, 9.17) is 9.47 Å². The fourth-order valence-electron chi connectivity index (χ4n) is 5.24. The lowest BCUT2D eigenvalue weighted by Gasteiger charge is -2.39. The molecule has 2 heterocycles. The van der Waals surface area contributed by atoms with E-state index in [0.717, 1.165) is 51.6 Å². The third kappa shape index (κ3) is 6.79. The average Bonchev–Trinajstić information content (AvgIpc) is 3.49. The van der Waals surface area contributed by atoms with Crippen LogP contribution in [-0.4, -0.2) is 48.4 Å². The molecule has 2 aliphatic carbocycles. The Bertz CT molecular complexity index is 1040. The van der Waals surface area contributed by atoms with Gasteiger partial charge in [-0.25, -0.2) is 4.79 Å². The summed E-state index contributed by atoms with van der Waals surface area (Å²) < 4.78 is 11.7. The van der Waals surface area contributed by atoms with E-state index in [1.807, 2.05) is 31.7 Å². The van der Waals surface area contributed by atoms with Gasteiger partial charge >= 0.3 is 5.97 Å². The third-order valence-corrected chi connectivity index (χ3v) is 8.26. The Kier molecular flexibility index (Phi) is 8.59. The number of nitrogens with zero attached hydrogens (tertiary/aromatic N) is 1. The molecule has 1 aliphatic heterocycles. The average molecular weight is 514 g/mol. The minimum absolute atomic E-state index is 0.0414. The number of hydrogen-bond donors (Lipinski definition) is 1. The first-order valence-electron chi connectivity index (χ1n) is 13.2. The van der Waals surface area contributed by atoms with Crippen LogP contribution in [0.2, 0.25) is 0 Å². The van der Waals surface area contributed by atoms with Crippen molar-refractivity contribution in [1.82, 2.24) is 0 Å². The fraction of sp³-hybridized carbons (Fsp3) is 0.655. The van der Waals surface area contributed by atoms with Gasteiger partial charge in [-0.1, -0.05) is 23.5 Å². The first kappa shape index (κ1) is 26.9. The standard InChI is InChI=1S/C29H39NO5S/c1-19-5-7-20(8-6-19)27(31)30(21-9-11-22(12-10-21)35-23-14-16-34-18-23)25-17-24(13-15-29(2,3)4)36-26(25)28(32)33/h5,17,20-23H,6-12,14,16,18H2,1-4H3,(H,32,33)/t20-,21?,22?,23-/m1/s1. The van der Waals surface area contributed by atoms with Gasteiger partial charge in [0.1, 0.15) is 4.88 Å². The van der Waals surface area contributed by atoms with Crippen molar-refractivity contribution in [2.75, 3.05) is 18.1 Å². The van der Waals surface area contributed by atoms with E-state index < -0.39 is 5.97 Å². The van der Waals surface area contributed by atoms with Crippen LogP contribution in [0.5, 0.6) is 0 Å². The Morgan fingerprint density at radius 3 is 2.47 bits per heavy atom. The first-order chi connectivity index (χ1) is 17.1. The molecular weight excluding hydrogens is 474 g/mol. The molecule has 0 aromatic carbocycles. The molecule has 1 saturated carbocycles. The van der Waals surface area contributed by atoms with Gasteiger partial charge in [0, 0.05) is 24.0 Å². The van der Waals surface area contributed by atoms with Gasteiger partial charge < -0.3 is 19.5 Å². The van der Waals surface area contributed by atoms with Crippen LogP contribution in [0.25, 0.3) is 0 Å². The van der Waals surface area contributed by atoms with Crippen LogP contribution in [0.15, 0.2) is 17.7 Å². The van der Waals surface area contributed by atoms with Crippen LogP contribution in [-0.2, 0) is 14.3 Å². The molecule has 3 aliphatic rings. The monoisotopic (exact) mass is 513 g/mol. The molecule has 6 nitrogen and oxygen atoms in total. The SMILES string of the molecule is CC1=CC[C@@H](C(=O)N(c2cc(C#CC(C)(C)C)sc2C(=O)O)C2CCC(O[C@@H]3CCOC3)CC2)CC1. The van der Waals surface area contributed by atoms with Crippen molar-refractivity contribution < 1.29 is 24.2 Å². The zero-order chi connectivity index (χ0) is 25.9. The number of carbonyl (C=O) groups excluding carboxylic acids is 1. The molecule has 0 radical (unpaired) electrons. The maximum absolute atomic E-state index is 14.0. The molecule has 1 aromatic heterocycles. The van der Waals surface area contributed by atoms with Crippen LogP contribution < -0.4 is 4.90 Å². The van der Waals surface area contributed by atoms with E-state index in [-0.39, 0.29) is 40.4 Å². The van der Waals surface area contributed by atoms with E-state index in [1.54, 1.807) is 0 Å². The summed E-state index contributed by atoms with van der Waals surface area (Å²) in [7, 11) is 0. The van der Waals surface area contributed by atoms with Gasteiger partial charge in [0.15, 0.2) is 0 Å². The minimum Gasteiger partial charge on any atom is -0.477 e. The number of carboxylic acid groups (broad SMARTS) is 1. The lowest BCUT2D eigenvalue weighted by atomic mass is 9.86. The topological polar surface area (TPSA) is 76.1 Å². The van der Waals surface area contributed by atoms with Crippen molar-refractivity contribution in [1.29, 1.82) is 0 Å². The predicted octanol–water partition coefficient (Wildman–Crippen LogP) is 6.04. The second-order valence-corrected chi connectivity index (χ2v) is 12.5. The van der Waals surface area contributed by atoms with Gasteiger partial charge in [0.05, 0.1) is 29.4 Å². The Morgan fingerprint density at radius 2 is 1.89 bits per heavy atom. The zero-order valence-electron chi connectivity index (χ0n) is 22.0. The van der Waals surface area contributed by atoms with Crippen LogP contribution >= 0.6 is 11.3 Å².